The van der Waals surface area contributed by atoms with Crippen LogP contribution >= 0.6 is 11.3 Å². The van der Waals surface area contributed by atoms with Crippen LogP contribution in [0.4, 0.5) is 5.00 Å². The fourth-order valence-corrected chi connectivity index (χ4v) is 4.82. The number of nitrogens with one attached hydrogen (secondary N) is 2. The van der Waals surface area contributed by atoms with Crippen LogP contribution in [0.15, 0.2) is 48.8 Å². The lowest BCUT2D eigenvalue weighted by Crippen LogP contribution is -2.25. The van der Waals surface area contributed by atoms with Crippen molar-refractivity contribution in [2.75, 3.05) is 5.32 Å². The molecular formula is C23H23N3O2S. The third-order valence-electron chi connectivity index (χ3n) is 5.12. The molecule has 0 atom stereocenters. The molecule has 0 fully saturated rings. The van der Waals surface area contributed by atoms with Gasteiger partial charge in [-0.1, -0.05) is 29.8 Å². The fourth-order valence-electron chi connectivity index (χ4n) is 3.54. The largest absolute Gasteiger partial charge is 0.348 e. The van der Waals surface area contributed by atoms with Crippen molar-refractivity contribution in [3.05, 3.63) is 81.5 Å². The van der Waals surface area contributed by atoms with Crippen molar-refractivity contribution in [3.63, 3.8) is 0 Å². The molecule has 0 unspecified atom stereocenters. The van der Waals surface area contributed by atoms with Gasteiger partial charge in [-0.15, -0.1) is 11.3 Å². The summed E-state index contributed by atoms with van der Waals surface area (Å²) < 4.78 is 0. The molecule has 0 spiro atoms. The summed E-state index contributed by atoms with van der Waals surface area (Å²) in [6.07, 6.45) is 7.18. The van der Waals surface area contributed by atoms with Gasteiger partial charge in [-0.25, -0.2) is 0 Å². The van der Waals surface area contributed by atoms with E-state index in [1.54, 1.807) is 18.3 Å². The zero-order valence-electron chi connectivity index (χ0n) is 16.3. The van der Waals surface area contributed by atoms with Gasteiger partial charge >= 0.3 is 0 Å². The predicted molar refractivity (Wildman–Crippen MR) is 116 cm³/mol. The van der Waals surface area contributed by atoms with Crippen LogP contribution in [0.2, 0.25) is 0 Å². The Morgan fingerprint density at radius 1 is 1.07 bits per heavy atom. The second-order valence-electron chi connectivity index (χ2n) is 7.28. The average Bonchev–Trinajstić information content (AvgIpc) is 3.11. The number of hydrogen-bond donors (Lipinski definition) is 2. The minimum absolute atomic E-state index is 0.133. The second kappa shape index (κ2) is 8.57. The van der Waals surface area contributed by atoms with Crippen molar-refractivity contribution in [2.45, 2.75) is 39.2 Å². The van der Waals surface area contributed by atoms with Gasteiger partial charge in [0.1, 0.15) is 5.00 Å². The van der Waals surface area contributed by atoms with Crippen molar-refractivity contribution in [3.8, 4) is 0 Å². The number of aryl methyl sites for hydroxylation is 2. The van der Waals surface area contributed by atoms with Crippen LogP contribution < -0.4 is 10.6 Å². The maximum atomic E-state index is 13.1. The van der Waals surface area contributed by atoms with Crippen molar-refractivity contribution >= 4 is 28.2 Å². The van der Waals surface area contributed by atoms with E-state index in [4.69, 9.17) is 0 Å². The Morgan fingerprint density at radius 2 is 1.86 bits per heavy atom. The molecule has 1 aliphatic rings. The SMILES string of the molecule is Cc1ccc(CNC(=O)c2c(NC(=O)c3cccnc3)sc3c2CCCC3)cc1. The molecule has 148 valence electrons. The number of benzene rings is 1. The molecule has 2 amide bonds. The van der Waals surface area contributed by atoms with Gasteiger partial charge in [0, 0.05) is 23.8 Å². The maximum Gasteiger partial charge on any atom is 0.257 e. The number of fused-ring (bicyclic) bond motifs is 1. The van der Waals surface area contributed by atoms with Crippen LogP contribution in [-0.4, -0.2) is 16.8 Å². The lowest BCUT2D eigenvalue weighted by Gasteiger charge is -2.13. The van der Waals surface area contributed by atoms with Gasteiger partial charge in [0.05, 0.1) is 11.1 Å². The molecule has 3 aromatic rings. The summed E-state index contributed by atoms with van der Waals surface area (Å²) in [6, 6.07) is 11.5. The molecule has 1 aliphatic carbocycles. The first-order chi connectivity index (χ1) is 14.1. The number of rotatable bonds is 5. The molecule has 0 radical (unpaired) electrons. The van der Waals surface area contributed by atoms with Crippen molar-refractivity contribution < 1.29 is 9.59 Å². The third-order valence-corrected chi connectivity index (χ3v) is 6.33. The fraction of sp³-hybridized carbons (Fsp3) is 0.261. The highest BCUT2D eigenvalue weighted by Gasteiger charge is 2.26. The normalized spacial score (nSPS) is 12.9. The molecule has 0 bridgehead atoms. The van der Waals surface area contributed by atoms with Gasteiger partial charge < -0.3 is 10.6 Å². The van der Waals surface area contributed by atoms with Gasteiger partial charge in [0.15, 0.2) is 0 Å². The zero-order chi connectivity index (χ0) is 20.2. The van der Waals surface area contributed by atoms with E-state index in [-0.39, 0.29) is 11.8 Å². The van der Waals surface area contributed by atoms with Gasteiger partial charge in [0.2, 0.25) is 0 Å². The Hall–Kier alpha value is -2.99. The highest BCUT2D eigenvalue weighted by Crippen LogP contribution is 2.38. The van der Waals surface area contributed by atoms with E-state index in [9.17, 15) is 9.59 Å². The number of carbonyl (C=O) groups excluding carboxylic acids is 2. The summed E-state index contributed by atoms with van der Waals surface area (Å²) in [5.74, 6) is -0.379. The Bertz CT molecular complexity index is 1030. The minimum atomic E-state index is -0.246. The van der Waals surface area contributed by atoms with Crippen molar-refractivity contribution in [1.29, 1.82) is 0 Å². The molecule has 0 aliphatic heterocycles. The topological polar surface area (TPSA) is 71.1 Å². The number of thiophene rings is 1. The number of pyridine rings is 1. The summed E-state index contributed by atoms with van der Waals surface area (Å²) in [5.41, 5.74) is 4.42. The highest BCUT2D eigenvalue weighted by atomic mass is 32.1. The van der Waals surface area contributed by atoms with Crippen LogP contribution in [0.1, 0.15) is 55.1 Å². The van der Waals surface area contributed by atoms with Crippen molar-refractivity contribution in [2.24, 2.45) is 0 Å². The summed E-state index contributed by atoms with van der Waals surface area (Å²) in [4.78, 5) is 30.9. The molecule has 0 saturated carbocycles. The quantitative estimate of drug-likeness (QED) is 0.656. The number of anilines is 1. The Kier molecular flexibility index (Phi) is 5.71. The number of carbonyl (C=O) groups is 2. The summed E-state index contributed by atoms with van der Waals surface area (Å²) in [6.45, 7) is 2.50. The summed E-state index contributed by atoms with van der Waals surface area (Å²) >= 11 is 1.52. The van der Waals surface area contributed by atoms with E-state index in [0.717, 1.165) is 36.8 Å². The molecular weight excluding hydrogens is 382 g/mol. The first-order valence-electron chi connectivity index (χ1n) is 9.81. The average molecular weight is 406 g/mol. The minimum Gasteiger partial charge on any atom is -0.348 e. The lowest BCUT2D eigenvalue weighted by molar-refractivity contribution is 0.0951. The van der Waals surface area contributed by atoms with Crippen LogP contribution in [0.5, 0.6) is 0 Å². The molecule has 0 saturated heterocycles. The van der Waals surface area contributed by atoms with E-state index in [1.165, 1.54) is 28.0 Å². The van der Waals surface area contributed by atoms with E-state index in [1.807, 2.05) is 31.2 Å². The Balaban J connectivity index is 1.57. The molecule has 2 heterocycles. The van der Waals surface area contributed by atoms with Gasteiger partial charge in [-0.05, 0) is 55.9 Å². The second-order valence-corrected chi connectivity index (χ2v) is 8.38. The van der Waals surface area contributed by atoms with E-state index < -0.39 is 0 Å². The molecule has 29 heavy (non-hydrogen) atoms. The van der Waals surface area contributed by atoms with E-state index in [2.05, 4.69) is 15.6 Å². The summed E-state index contributed by atoms with van der Waals surface area (Å²) in [5, 5.41) is 6.61. The molecule has 4 rings (SSSR count). The maximum absolute atomic E-state index is 13.1. The van der Waals surface area contributed by atoms with Gasteiger partial charge in [0.25, 0.3) is 11.8 Å². The third kappa shape index (κ3) is 4.38. The first-order valence-corrected chi connectivity index (χ1v) is 10.6. The monoisotopic (exact) mass is 405 g/mol. The van der Waals surface area contributed by atoms with Gasteiger partial charge in [-0.3, -0.25) is 14.6 Å². The highest BCUT2D eigenvalue weighted by molar-refractivity contribution is 7.17. The number of nitrogens with zero attached hydrogens (tertiary/aromatic N) is 1. The molecule has 2 aromatic heterocycles. The smallest absolute Gasteiger partial charge is 0.257 e. The standard InChI is InChI=1S/C23H23N3O2S/c1-15-8-10-16(11-9-15)13-25-22(28)20-18-6-2-3-7-19(18)29-23(20)26-21(27)17-5-4-12-24-14-17/h4-5,8-12,14H,2-3,6-7,13H2,1H3,(H,25,28)(H,26,27). The molecule has 6 heteroatoms. The number of aromatic nitrogens is 1. The Morgan fingerprint density at radius 3 is 2.62 bits per heavy atom. The molecule has 2 N–H and O–H groups in total. The number of hydrogen-bond acceptors (Lipinski definition) is 4. The van der Waals surface area contributed by atoms with Gasteiger partial charge in [-0.2, -0.15) is 0 Å². The van der Waals surface area contributed by atoms with Crippen LogP contribution in [-0.2, 0) is 19.4 Å². The first kappa shape index (κ1) is 19.3. The van der Waals surface area contributed by atoms with Crippen LogP contribution in [0, 0.1) is 6.92 Å². The van der Waals surface area contributed by atoms with E-state index in [0.29, 0.717) is 22.7 Å². The molecule has 1 aromatic carbocycles. The summed E-state index contributed by atoms with van der Waals surface area (Å²) in [7, 11) is 0. The lowest BCUT2D eigenvalue weighted by atomic mass is 9.95. The van der Waals surface area contributed by atoms with Crippen molar-refractivity contribution in [1.82, 2.24) is 10.3 Å². The molecule has 5 nitrogen and oxygen atoms in total. The number of amides is 2. The zero-order valence-corrected chi connectivity index (χ0v) is 17.1. The van der Waals surface area contributed by atoms with Crippen LogP contribution in [0.3, 0.4) is 0 Å². The van der Waals surface area contributed by atoms with Crippen LogP contribution in [0.25, 0.3) is 0 Å². The van der Waals surface area contributed by atoms with E-state index >= 15 is 0 Å². The Labute approximate surface area is 174 Å². The predicted octanol–water partition coefficient (Wildman–Crippen LogP) is 4.51.